The van der Waals surface area contributed by atoms with Gasteiger partial charge in [0.1, 0.15) is 16.8 Å². The van der Waals surface area contributed by atoms with Gasteiger partial charge in [0.2, 0.25) is 10.0 Å². The number of urea groups is 1. The van der Waals surface area contributed by atoms with E-state index in [1.807, 2.05) is 5.32 Å². The molecular weight excluding hydrogens is 441 g/mol. The van der Waals surface area contributed by atoms with Crippen LogP contribution in [0.1, 0.15) is 19.4 Å². The molecule has 2 unspecified atom stereocenters. The van der Waals surface area contributed by atoms with E-state index >= 15 is 0 Å². The van der Waals surface area contributed by atoms with Crippen LogP contribution in [-0.2, 0) is 30.8 Å². The van der Waals surface area contributed by atoms with E-state index < -0.39 is 56.7 Å². The van der Waals surface area contributed by atoms with E-state index in [9.17, 15) is 27.2 Å². The Bertz CT molecular complexity index is 1080. The van der Waals surface area contributed by atoms with E-state index in [-0.39, 0.29) is 6.42 Å². The number of carbonyl (C=O) groups excluding carboxylic acids is 3. The number of esters is 1. The molecule has 9 nitrogen and oxygen atoms in total. The molecule has 0 heterocycles. The summed E-state index contributed by atoms with van der Waals surface area (Å²) in [6.07, 6.45) is -1.54. The molecule has 0 bridgehead atoms. The molecule has 172 valence electrons. The maximum absolute atomic E-state index is 14.1. The molecule has 0 saturated heterocycles. The molecule has 2 rings (SSSR count). The average molecular weight is 466 g/mol. The smallest absolute Gasteiger partial charge is 0.325 e. The lowest BCUT2D eigenvalue weighted by Gasteiger charge is -2.24. The molecule has 0 spiro atoms. The van der Waals surface area contributed by atoms with Crippen LogP contribution in [0.2, 0.25) is 0 Å². The van der Waals surface area contributed by atoms with Gasteiger partial charge in [-0.15, -0.1) is 0 Å². The highest BCUT2D eigenvalue weighted by molar-refractivity contribution is 7.89. The molecule has 11 heteroatoms. The monoisotopic (exact) mass is 465 g/mol. The van der Waals surface area contributed by atoms with Gasteiger partial charge in [0, 0.05) is 0 Å². The minimum Gasteiger partial charge on any atom is -0.451 e. The number of nitrogens with two attached hydrogens (primary N) is 1. The topological polar surface area (TPSA) is 145 Å². The highest BCUT2D eigenvalue weighted by Crippen LogP contribution is 2.17. The number of halogens is 1. The molecule has 0 aromatic heterocycles. The molecule has 0 fully saturated rings. The van der Waals surface area contributed by atoms with Gasteiger partial charge in [-0.1, -0.05) is 56.3 Å². The zero-order valence-corrected chi connectivity index (χ0v) is 18.3. The number of primary amides is 1. The second kappa shape index (κ2) is 10.8. The van der Waals surface area contributed by atoms with Crippen molar-refractivity contribution in [2.75, 3.05) is 0 Å². The molecule has 0 aliphatic heterocycles. The highest BCUT2D eigenvalue weighted by Gasteiger charge is 2.34. The lowest BCUT2D eigenvalue weighted by molar-refractivity contribution is -0.159. The molecule has 4 N–H and O–H groups in total. The Morgan fingerprint density at radius 1 is 1.03 bits per heavy atom. The SMILES string of the molecule is CC(C)C(OC(=O)C(Cc1ccccc1)NS(=O)(=O)c1ccccc1F)C(=O)NC(N)=O. The second-order valence-electron chi connectivity index (χ2n) is 7.25. The van der Waals surface area contributed by atoms with Crippen LogP contribution < -0.4 is 15.8 Å². The Morgan fingerprint density at radius 2 is 1.62 bits per heavy atom. The zero-order valence-electron chi connectivity index (χ0n) is 17.4. The molecule has 0 aliphatic rings. The van der Waals surface area contributed by atoms with E-state index in [0.717, 1.165) is 12.1 Å². The van der Waals surface area contributed by atoms with Gasteiger partial charge in [-0.05, 0) is 30.0 Å². The third kappa shape index (κ3) is 6.86. The first kappa shape index (κ1) is 25.0. The molecule has 0 radical (unpaired) electrons. The fourth-order valence-corrected chi connectivity index (χ4v) is 4.09. The van der Waals surface area contributed by atoms with Gasteiger partial charge < -0.3 is 10.5 Å². The van der Waals surface area contributed by atoms with Crippen LogP contribution in [0, 0.1) is 11.7 Å². The number of amides is 3. The first-order valence-electron chi connectivity index (χ1n) is 9.63. The van der Waals surface area contributed by atoms with Crippen LogP contribution in [0.3, 0.4) is 0 Å². The summed E-state index contributed by atoms with van der Waals surface area (Å²) in [6, 6.07) is 10.5. The predicted molar refractivity (Wildman–Crippen MR) is 113 cm³/mol. The normalized spacial score (nSPS) is 13.2. The van der Waals surface area contributed by atoms with Gasteiger partial charge in [0.05, 0.1) is 0 Å². The molecular formula is C21H24FN3O6S. The van der Waals surface area contributed by atoms with E-state index in [2.05, 4.69) is 4.72 Å². The van der Waals surface area contributed by atoms with Crippen LogP contribution in [0.4, 0.5) is 9.18 Å². The van der Waals surface area contributed by atoms with Crippen molar-refractivity contribution in [3.05, 3.63) is 66.0 Å². The first-order valence-corrected chi connectivity index (χ1v) is 11.1. The fraction of sp³-hybridized carbons (Fsp3) is 0.286. The molecule has 32 heavy (non-hydrogen) atoms. The second-order valence-corrected chi connectivity index (χ2v) is 8.93. The Balaban J connectivity index is 2.33. The Morgan fingerprint density at radius 3 is 2.19 bits per heavy atom. The van der Waals surface area contributed by atoms with Crippen LogP contribution >= 0.6 is 0 Å². The van der Waals surface area contributed by atoms with Crippen LogP contribution in [-0.4, -0.2) is 38.5 Å². The summed E-state index contributed by atoms with van der Waals surface area (Å²) in [7, 11) is -4.45. The quantitative estimate of drug-likeness (QED) is 0.479. The van der Waals surface area contributed by atoms with Crippen molar-refractivity contribution in [2.24, 2.45) is 11.7 Å². The van der Waals surface area contributed by atoms with Gasteiger partial charge in [0.25, 0.3) is 5.91 Å². The third-order valence-electron chi connectivity index (χ3n) is 4.34. The van der Waals surface area contributed by atoms with Gasteiger partial charge >= 0.3 is 12.0 Å². The zero-order chi connectivity index (χ0) is 23.9. The van der Waals surface area contributed by atoms with Crippen LogP contribution in [0.25, 0.3) is 0 Å². The molecule has 2 aromatic carbocycles. The maximum Gasteiger partial charge on any atom is 0.325 e. The van der Waals surface area contributed by atoms with Gasteiger partial charge in [0.15, 0.2) is 6.10 Å². The average Bonchev–Trinajstić information content (AvgIpc) is 2.71. The van der Waals surface area contributed by atoms with E-state index in [0.29, 0.717) is 5.56 Å². The van der Waals surface area contributed by atoms with Crippen molar-refractivity contribution in [1.82, 2.24) is 10.0 Å². The van der Waals surface area contributed by atoms with Crippen molar-refractivity contribution in [1.29, 1.82) is 0 Å². The maximum atomic E-state index is 14.1. The summed E-state index contributed by atoms with van der Waals surface area (Å²) in [4.78, 5) is 35.4. The number of ether oxygens (including phenoxy) is 1. The summed E-state index contributed by atoms with van der Waals surface area (Å²) >= 11 is 0. The minimum atomic E-state index is -4.45. The van der Waals surface area contributed by atoms with Crippen molar-refractivity contribution in [3.8, 4) is 0 Å². The van der Waals surface area contributed by atoms with Gasteiger partial charge in [-0.25, -0.2) is 17.6 Å². The van der Waals surface area contributed by atoms with Crippen LogP contribution in [0.15, 0.2) is 59.5 Å². The number of rotatable bonds is 9. The summed E-state index contributed by atoms with van der Waals surface area (Å²) in [5.41, 5.74) is 5.54. The number of imide groups is 1. The third-order valence-corrected chi connectivity index (χ3v) is 5.85. The van der Waals surface area contributed by atoms with Gasteiger partial charge in [-0.3, -0.25) is 14.9 Å². The Kier molecular flexibility index (Phi) is 8.44. The molecule has 2 atom stereocenters. The molecule has 0 saturated carbocycles. The van der Waals surface area contributed by atoms with Gasteiger partial charge in [-0.2, -0.15) is 4.72 Å². The minimum absolute atomic E-state index is 0.129. The first-order chi connectivity index (χ1) is 15.0. The predicted octanol–water partition coefficient (Wildman–Crippen LogP) is 1.48. The summed E-state index contributed by atoms with van der Waals surface area (Å²) in [5.74, 6) is -3.57. The van der Waals surface area contributed by atoms with Crippen molar-refractivity contribution < 1.29 is 31.9 Å². The van der Waals surface area contributed by atoms with E-state index in [1.54, 1.807) is 44.2 Å². The van der Waals surface area contributed by atoms with Crippen molar-refractivity contribution >= 4 is 27.9 Å². The fourth-order valence-electron chi connectivity index (χ4n) is 2.83. The number of hydrogen-bond acceptors (Lipinski definition) is 6. The lowest BCUT2D eigenvalue weighted by atomic mass is 10.1. The summed E-state index contributed by atoms with van der Waals surface area (Å²) in [6.45, 7) is 3.13. The van der Waals surface area contributed by atoms with Crippen molar-refractivity contribution in [3.63, 3.8) is 0 Å². The summed E-state index contributed by atoms with van der Waals surface area (Å²) < 4.78 is 47.0. The number of sulfonamides is 1. The lowest BCUT2D eigenvalue weighted by Crippen LogP contribution is -2.49. The van der Waals surface area contributed by atoms with Crippen LogP contribution in [0.5, 0.6) is 0 Å². The largest absolute Gasteiger partial charge is 0.451 e. The molecule has 0 aliphatic carbocycles. The molecule has 2 aromatic rings. The number of nitrogens with one attached hydrogen (secondary N) is 2. The van der Waals surface area contributed by atoms with Crippen molar-refractivity contribution in [2.45, 2.75) is 37.3 Å². The Labute approximate surface area is 185 Å². The van der Waals surface area contributed by atoms with E-state index in [4.69, 9.17) is 10.5 Å². The Hall–Kier alpha value is -3.31. The van der Waals surface area contributed by atoms with E-state index in [1.165, 1.54) is 12.1 Å². The standard InChI is InChI=1S/C21H24FN3O6S/c1-13(2)18(19(26)24-21(23)28)31-20(27)16(12-14-8-4-3-5-9-14)25-32(29,30)17-11-7-6-10-15(17)22/h3-11,13,16,18,25H,12H2,1-2H3,(H3,23,24,26,28). The number of carbonyl (C=O) groups is 3. The summed E-state index contributed by atoms with van der Waals surface area (Å²) in [5, 5.41) is 1.83. The molecule has 3 amide bonds. The number of hydrogen-bond donors (Lipinski definition) is 3. The number of benzene rings is 2. The highest BCUT2D eigenvalue weighted by atomic mass is 32.2.